The van der Waals surface area contributed by atoms with Crippen molar-refractivity contribution in [3.8, 4) is 5.75 Å². The van der Waals surface area contributed by atoms with Crippen molar-refractivity contribution >= 4 is 29.0 Å². The van der Waals surface area contributed by atoms with Crippen LogP contribution in [0.4, 0.5) is 0 Å². The van der Waals surface area contributed by atoms with Crippen LogP contribution in [0.5, 0.6) is 5.75 Å². The largest absolute Gasteiger partial charge is 0.570 e. The number of hydrogen-bond acceptors (Lipinski definition) is 8. The molecule has 0 unspecified atom stereocenters. The van der Waals surface area contributed by atoms with Gasteiger partial charge in [-0.15, -0.1) is 0 Å². The fourth-order valence-electron chi connectivity index (χ4n) is 2.73. The summed E-state index contributed by atoms with van der Waals surface area (Å²) in [6, 6.07) is 4.87. The van der Waals surface area contributed by atoms with Crippen molar-refractivity contribution in [2.24, 2.45) is 10.2 Å². The van der Waals surface area contributed by atoms with Gasteiger partial charge in [-0.05, 0) is 31.4 Å². The zero-order chi connectivity index (χ0) is 20.0. The number of fused-ring (bicyclic) bond motifs is 1. The number of hydrogen-bond donors (Lipinski definition) is 2. The summed E-state index contributed by atoms with van der Waals surface area (Å²) in [6.07, 6.45) is 0.204. The minimum Gasteiger partial charge on any atom is -0.536 e. The Labute approximate surface area is 156 Å². The van der Waals surface area contributed by atoms with Crippen LogP contribution < -0.4 is 15.1 Å². The Hall–Kier alpha value is -2.47. The zero-order valence-electron chi connectivity index (χ0n) is 14.7. The second-order valence-electron chi connectivity index (χ2n) is 5.98. The Bertz CT molecular complexity index is 831. The van der Waals surface area contributed by atoms with Crippen molar-refractivity contribution in [3.05, 3.63) is 34.2 Å². The lowest BCUT2D eigenvalue weighted by molar-refractivity contribution is -0.121. The summed E-state index contributed by atoms with van der Waals surface area (Å²) in [4.78, 5) is 35.2. The van der Waals surface area contributed by atoms with Gasteiger partial charge in [0, 0.05) is 6.42 Å². The summed E-state index contributed by atoms with van der Waals surface area (Å²) in [7, 11) is -4.87. The van der Waals surface area contributed by atoms with E-state index in [2.05, 4.69) is 10.4 Å². The summed E-state index contributed by atoms with van der Waals surface area (Å²) in [5.74, 6) is -1.88. The number of amides is 1. The van der Waals surface area contributed by atoms with Gasteiger partial charge >= 0.3 is 13.0 Å². The number of primary sulfonamides is 1. The van der Waals surface area contributed by atoms with Crippen LogP contribution in [-0.4, -0.2) is 45.6 Å². The van der Waals surface area contributed by atoms with Crippen molar-refractivity contribution in [2.75, 3.05) is 12.4 Å². The summed E-state index contributed by atoms with van der Waals surface area (Å²) in [5.41, 5.74) is 0.802. The quantitative estimate of drug-likeness (QED) is 0.359. The second-order valence-corrected chi connectivity index (χ2v) is 7.71. The van der Waals surface area contributed by atoms with Gasteiger partial charge in [0.25, 0.3) is 0 Å². The minimum atomic E-state index is -3.64. The number of para-hydroxylation sites is 1. The van der Waals surface area contributed by atoms with E-state index < -0.39 is 34.9 Å². The Morgan fingerprint density at radius 3 is 2.81 bits per heavy atom. The molecule has 1 amide bonds. The number of nitrogens with zero attached hydrogens (tertiary/aromatic N) is 1. The third kappa shape index (κ3) is 5.76. The van der Waals surface area contributed by atoms with E-state index in [9.17, 15) is 22.9 Å². The van der Waals surface area contributed by atoms with Crippen molar-refractivity contribution in [3.63, 3.8) is 0 Å². The van der Waals surface area contributed by atoms with Crippen LogP contribution in [0.3, 0.4) is 0 Å². The molecular formula is C15H20BN3O7S. The highest BCUT2D eigenvalue weighted by Crippen LogP contribution is 2.31. The molecule has 0 fully saturated rings. The van der Waals surface area contributed by atoms with E-state index in [1.165, 1.54) is 6.07 Å². The number of carbonyl (C=O) groups excluding carboxylic acids is 2. The number of nitrogens with two attached hydrogens (primary N) is 1. The fourth-order valence-corrected chi connectivity index (χ4v) is 3.27. The van der Waals surface area contributed by atoms with Crippen molar-refractivity contribution in [1.82, 2.24) is 5.32 Å². The molecule has 1 aromatic rings. The van der Waals surface area contributed by atoms with Crippen molar-refractivity contribution < 1.29 is 27.4 Å². The third-order valence-electron chi connectivity index (χ3n) is 3.90. The molecule has 0 saturated carbocycles. The molecule has 3 N–H and O–H groups in total. The van der Waals surface area contributed by atoms with Crippen molar-refractivity contribution in [1.29, 1.82) is 0 Å². The molecule has 0 radical (unpaired) electrons. The molecule has 2 rings (SSSR count). The number of carbonyl (C=O) groups is 2. The molecule has 1 atom stereocenters. The number of nitroso groups, excluding NO2 is 1. The first-order chi connectivity index (χ1) is 12.7. The van der Waals surface area contributed by atoms with Crippen LogP contribution in [0.25, 0.3) is 0 Å². The van der Waals surface area contributed by atoms with E-state index in [1.54, 1.807) is 19.1 Å². The summed E-state index contributed by atoms with van der Waals surface area (Å²) in [5, 5.41) is 10.4. The molecule has 12 heteroatoms. The molecule has 146 valence electrons. The summed E-state index contributed by atoms with van der Waals surface area (Å²) < 4.78 is 32.3. The van der Waals surface area contributed by atoms with Gasteiger partial charge in [0.05, 0.1) is 18.3 Å². The molecule has 1 aromatic carbocycles. The van der Waals surface area contributed by atoms with Gasteiger partial charge in [0.1, 0.15) is 11.3 Å². The van der Waals surface area contributed by atoms with E-state index in [-0.39, 0.29) is 42.9 Å². The van der Waals surface area contributed by atoms with Gasteiger partial charge in [0.2, 0.25) is 15.9 Å². The van der Waals surface area contributed by atoms with E-state index in [4.69, 9.17) is 14.5 Å². The highest BCUT2D eigenvalue weighted by atomic mass is 32.2. The standard InChI is InChI=1S/C15H20BN3O7S/c1-2-25-15(21)11-6-3-5-10-9-12(16(19-22)26-14(10)11)18-13(20)7-4-8-27(17,23)24/h3,5-6,12H,2,4,7-9H2,1H3,(H,18,20)(H2,17,23,24)/t12-/m0/s1. The first kappa shape index (κ1) is 20.8. The Balaban J connectivity index is 2.09. The lowest BCUT2D eigenvalue weighted by Crippen LogP contribution is -2.52. The zero-order valence-corrected chi connectivity index (χ0v) is 15.5. The number of sulfonamides is 1. The van der Waals surface area contributed by atoms with E-state index in [0.717, 1.165) is 0 Å². The third-order valence-corrected chi connectivity index (χ3v) is 4.76. The van der Waals surface area contributed by atoms with Gasteiger partial charge < -0.3 is 14.7 Å². The lowest BCUT2D eigenvalue weighted by Gasteiger charge is -2.28. The molecule has 0 saturated heterocycles. The SMILES string of the molecule is CCOC(=O)c1cccc2c1OB(N=O)[C@@H](NC(=O)CCCS(N)(=O)=O)C2. The van der Waals surface area contributed by atoms with Crippen molar-refractivity contribution in [2.45, 2.75) is 32.1 Å². The van der Waals surface area contributed by atoms with Gasteiger partial charge in [-0.25, -0.2) is 18.4 Å². The molecule has 27 heavy (non-hydrogen) atoms. The van der Waals surface area contributed by atoms with Crippen LogP contribution in [0, 0.1) is 4.91 Å². The maximum Gasteiger partial charge on any atom is 0.570 e. The summed E-state index contributed by atoms with van der Waals surface area (Å²) in [6.45, 7) is 1.86. The van der Waals surface area contributed by atoms with Crippen LogP contribution in [0.15, 0.2) is 23.3 Å². The highest BCUT2D eigenvalue weighted by molar-refractivity contribution is 7.89. The van der Waals surface area contributed by atoms with E-state index >= 15 is 0 Å². The first-order valence-corrected chi connectivity index (χ1v) is 10.0. The van der Waals surface area contributed by atoms with E-state index in [0.29, 0.717) is 5.56 Å². The van der Waals surface area contributed by atoms with Gasteiger partial charge in [0.15, 0.2) is 0 Å². The van der Waals surface area contributed by atoms with Crippen LogP contribution >= 0.6 is 0 Å². The monoisotopic (exact) mass is 397 g/mol. The number of rotatable bonds is 8. The predicted molar refractivity (Wildman–Crippen MR) is 97.4 cm³/mol. The normalized spacial score (nSPS) is 16.1. The molecule has 1 heterocycles. The number of benzene rings is 1. The molecular weight excluding hydrogens is 377 g/mol. The maximum atomic E-state index is 12.0. The molecule has 1 aliphatic heterocycles. The Morgan fingerprint density at radius 1 is 1.44 bits per heavy atom. The predicted octanol–water partition coefficient (Wildman–Crippen LogP) is 0.146. The van der Waals surface area contributed by atoms with Gasteiger partial charge in [-0.1, -0.05) is 17.2 Å². The fraction of sp³-hybridized carbons (Fsp3) is 0.467. The maximum absolute atomic E-state index is 12.0. The van der Waals surface area contributed by atoms with Crippen LogP contribution in [0.1, 0.15) is 35.7 Å². The van der Waals surface area contributed by atoms with Gasteiger partial charge in [-0.2, -0.15) is 4.91 Å². The topological polar surface area (TPSA) is 154 Å². The number of nitrogens with one attached hydrogen (secondary N) is 1. The minimum absolute atomic E-state index is 0.0566. The summed E-state index contributed by atoms with van der Waals surface area (Å²) >= 11 is 0. The smallest absolute Gasteiger partial charge is 0.536 e. The molecule has 1 aliphatic rings. The van der Waals surface area contributed by atoms with Crippen LogP contribution in [0.2, 0.25) is 0 Å². The molecule has 0 bridgehead atoms. The average molecular weight is 397 g/mol. The number of ether oxygens (including phenoxy) is 1. The Morgan fingerprint density at radius 2 is 2.19 bits per heavy atom. The second kappa shape index (κ2) is 8.95. The molecule has 0 spiro atoms. The lowest BCUT2D eigenvalue weighted by atomic mass is 9.68. The molecule has 0 aromatic heterocycles. The van der Waals surface area contributed by atoms with E-state index in [1.807, 2.05) is 0 Å². The first-order valence-electron chi connectivity index (χ1n) is 8.33. The average Bonchev–Trinajstić information content (AvgIpc) is 2.59. The van der Waals surface area contributed by atoms with Gasteiger partial charge in [-0.3, -0.25) is 4.79 Å². The molecule has 10 nitrogen and oxygen atoms in total. The van der Waals surface area contributed by atoms with Crippen LogP contribution in [-0.2, 0) is 26.0 Å². The number of esters is 1. The highest BCUT2D eigenvalue weighted by Gasteiger charge is 2.40. The Kier molecular flexibility index (Phi) is 6.91. The molecule has 0 aliphatic carbocycles.